The minimum absolute atomic E-state index is 0.109. The van der Waals surface area contributed by atoms with Gasteiger partial charge in [-0.05, 0) is 24.7 Å². The van der Waals surface area contributed by atoms with Crippen LogP contribution >= 0.6 is 0 Å². The average Bonchev–Trinajstić information content (AvgIpc) is 3.08. The predicted octanol–water partition coefficient (Wildman–Crippen LogP) is 1.15. The van der Waals surface area contributed by atoms with Gasteiger partial charge < -0.3 is 15.2 Å². The zero-order valence-electron chi connectivity index (χ0n) is 11.8. The molecule has 0 amide bonds. The van der Waals surface area contributed by atoms with Gasteiger partial charge in [-0.3, -0.25) is 4.90 Å². The first kappa shape index (κ1) is 12.9. The van der Waals surface area contributed by atoms with Crippen molar-refractivity contribution < 1.29 is 9.84 Å². The summed E-state index contributed by atoms with van der Waals surface area (Å²) in [5.74, 6) is 1.40. The molecular weight excluding hydrogens is 228 g/mol. The van der Waals surface area contributed by atoms with E-state index in [0.29, 0.717) is 24.0 Å². The lowest BCUT2D eigenvalue weighted by Crippen LogP contribution is -2.32. The molecule has 0 aromatic heterocycles. The number of ether oxygens (including phenoxy) is 1. The molecule has 7 atom stereocenters. The third kappa shape index (κ3) is 2.20. The molecule has 0 aliphatic carbocycles. The Labute approximate surface area is 110 Å². The third-order valence-corrected chi connectivity index (χ3v) is 4.37. The van der Waals surface area contributed by atoms with Gasteiger partial charge in [0.1, 0.15) is 6.23 Å². The van der Waals surface area contributed by atoms with Crippen molar-refractivity contribution in [3.05, 3.63) is 0 Å². The van der Waals surface area contributed by atoms with Crippen LogP contribution < -0.4 is 5.32 Å². The van der Waals surface area contributed by atoms with Crippen molar-refractivity contribution in [2.45, 2.75) is 77.2 Å². The quantitative estimate of drug-likeness (QED) is 0.723. The molecule has 0 aromatic rings. The number of nitrogens with one attached hydrogen (secondary N) is 1. The fraction of sp³-hybridized carbons (Fsp3) is 1.00. The van der Waals surface area contributed by atoms with E-state index in [2.05, 4.69) is 37.9 Å². The Kier molecular flexibility index (Phi) is 3.17. The van der Waals surface area contributed by atoms with E-state index in [-0.39, 0.29) is 12.3 Å². The van der Waals surface area contributed by atoms with Gasteiger partial charge in [0.25, 0.3) is 0 Å². The van der Waals surface area contributed by atoms with Gasteiger partial charge in [0.2, 0.25) is 0 Å². The summed E-state index contributed by atoms with van der Waals surface area (Å²) in [6, 6.07) is 1.82. The SMILES string of the molecule is CC(C)CC1C2[C@@H](O)O[C@@H]([C@@H]3N[C@H]3CC(C)C)N12. The highest BCUT2D eigenvalue weighted by molar-refractivity contribution is 5.16. The van der Waals surface area contributed by atoms with E-state index < -0.39 is 6.29 Å². The van der Waals surface area contributed by atoms with Crippen molar-refractivity contribution in [1.29, 1.82) is 0 Å². The number of fused-ring (bicyclic) bond motifs is 1. The van der Waals surface area contributed by atoms with Crippen LogP contribution in [-0.4, -0.2) is 46.7 Å². The second-order valence-corrected chi connectivity index (χ2v) is 6.98. The van der Waals surface area contributed by atoms with Crippen LogP contribution in [0.2, 0.25) is 0 Å². The minimum Gasteiger partial charge on any atom is -0.366 e. The molecule has 3 fully saturated rings. The van der Waals surface area contributed by atoms with Crippen molar-refractivity contribution in [2.75, 3.05) is 0 Å². The maximum atomic E-state index is 9.95. The Hall–Kier alpha value is -0.160. The molecule has 0 radical (unpaired) electrons. The van der Waals surface area contributed by atoms with Crippen LogP contribution in [-0.2, 0) is 4.74 Å². The molecule has 3 saturated heterocycles. The summed E-state index contributed by atoms with van der Waals surface area (Å²) in [4.78, 5) is 2.38. The summed E-state index contributed by atoms with van der Waals surface area (Å²) in [5.41, 5.74) is 0. The highest BCUT2D eigenvalue weighted by Crippen LogP contribution is 2.47. The minimum atomic E-state index is -0.569. The normalized spacial score (nSPS) is 49.8. The van der Waals surface area contributed by atoms with E-state index in [1.807, 2.05) is 0 Å². The standard InChI is InChI=1S/C14H26N2O2/c1-7(2)5-9-11(15-9)13-16-10(6-8(3)4)12(16)14(17)18-13/h7-15,17H,5-6H2,1-4H3/t9-,10?,11+,12?,13-,14-,16?/m0/s1. The number of aliphatic hydroxyl groups is 1. The topological polar surface area (TPSA) is 54.4 Å². The molecule has 3 aliphatic rings. The van der Waals surface area contributed by atoms with Crippen LogP contribution in [0.15, 0.2) is 0 Å². The van der Waals surface area contributed by atoms with Gasteiger partial charge in [0.05, 0.1) is 12.1 Å². The second kappa shape index (κ2) is 4.44. The smallest absolute Gasteiger partial charge is 0.173 e. The highest BCUT2D eigenvalue weighted by Gasteiger charge is 2.66. The molecule has 4 nitrogen and oxygen atoms in total. The van der Waals surface area contributed by atoms with Crippen LogP contribution in [0.4, 0.5) is 0 Å². The first-order valence-corrected chi connectivity index (χ1v) is 7.36. The molecule has 104 valence electrons. The van der Waals surface area contributed by atoms with Gasteiger partial charge >= 0.3 is 0 Å². The summed E-state index contributed by atoms with van der Waals surface area (Å²) in [6.45, 7) is 9.00. The third-order valence-electron chi connectivity index (χ3n) is 4.37. The Morgan fingerprint density at radius 1 is 1.17 bits per heavy atom. The average molecular weight is 254 g/mol. The monoisotopic (exact) mass is 254 g/mol. The summed E-state index contributed by atoms with van der Waals surface area (Å²) < 4.78 is 5.69. The van der Waals surface area contributed by atoms with Gasteiger partial charge in [-0.15, -0.1) is 0 Å². The Morgan fingerprint density at radius 2 is 1.83 bits per heavy atom. The Morgan fingerprint density at radius 3 is 2.44 bits per heavy atom. The molecule has 4 heteroatoms. The van der Waals surface area contributed by atoms with E-state index in [1.54, 1.807) is 0 Å². The van der Waals surface area contributed by atoms with E-state index in [9.17, 15) is 5.11 Å². The van der Waals surface area contributed by atoms with Crippen molar-refractivity contribution in [1.82, 2.24) is 10.2 Å². The Balaban J connectivity index is 1.56. The lowest BCUT2D eigenvalue weighted by atomic mass is 10.0. The van der Waals surface area contributed by atoms with Crippen molar-refractivity contribution in [3.63, 3.8) is 0 Å². The molecule has 3 rings (SSSR count). The highest BCUT2D eigenvalue weighted by atomic mass is 16.6. The van der Waals surface area contributed by atoms with Crippen LogP contribution in [0.25, 0.3) is 0 Å². The van der Waals surface area contributed by atoms with Crippen LogP contribution in [0.5, 0.6) is 0 Å². The van der Waals surface area contributed by atoms with E-state index in [1.165, 1.54) is 12.8 Å². The molecule has 3 unspecified atom stereocenters. The summed E-state index contributed by atoms with van der Waals surface area (Å²) in [6.07, 6.45) is 1.91. The largest absolute Gasteiger partial charge is 0.366 e. The molecule has 2 N–H and O–H groups in total. The summed E-state index contributed by atoms with van der Waals surface area (Å²) in [7, 11) is 0. The molecule has 3 heterocycles. The van der Waals surface area contributed by atoms with Crippen LogP contribution in [0.3, 0.4) is 0 Å². The van der Waals surface area contributed by atoms with Crippen LogP contribution in [0, 0.1) is 11.8 Å². The Bertz CT molecular complexity index is 321. The molecule has 0 spiro atoms. The van der Waals surface area contributed by atoms with Gasteiger partial charge in [0.15, 0.2) is 6.29 Å². The summed E-state index contributed by atoms with van der Waals surface area (Å²) >= 11 is 0. The molecule has 18 heavy (non-hydrogen) atoms. The van der Waals surface area contributed by atoms with Crippen LogP contribution in [0.1, 0.15) is 40.5 Å². The van der Waals surface area contributed by atoms with Gasteiger partial charge in [-0.2, -0.15) is 0 Å². The first-order chi connectivity index (χ1) is 8.49. The zero-order valence-corrected chi connectivity index (χ0v) is 11.8. The van der Waals surface area contributed by atoms with Crippen molar-refractivity contribution in [2.24, 2.45) is 11.8 Å². The molecule has 0 aromatic carbocycles. The maximum Gasteiger partial charge on any atom is 0.173 e. The predicted molar refractivity (Wildman–Crippen MR) is 69.9 cm³/mol. The zero-order chi connectivity index (χ0) is 13.0. The van der Waals surface area contributed by atoms with Crippen molar-refractivity contribution >= 4 is 0 Å². The van der Waals surface area contributed by atoms with Gasteiger partial charge in [0, 0.05) is 12.1 Å². The number of nitrogens with zero attached hydrogens (tertiary/aromatic N) is 1. The second-order valence-electron chi connectivity index (χ2n) is 6.98. The number of hydrogen-bond donors (Lipinski definition) is 2. The fourth-order valence-electron chi connectivity index (χ4n) is 3.52. The lowest BCUT2D eigenvalue weighted by molar-refractivity contribution is -0.118. The molecule has 0 saturated carbocycles. The van der Waals surface area contributed by atoms with Gasteiger partial charge in [-0.1, -0.05) is 27.7 Å². The van der Waals surface area contributed by atoms with Gasteiger partial charge in [-0.25, -0.2) is 0 Å². The molecule has 3 aliphatic heterocycles. The van der Waals surface area contributed by atoms with Crippen molar-refractivity contribution in [3.8, 4) is 0 Å². The van der Waals surface area contributed by atoms with E-state index in [4.69, 9.17) is 4.74 Å². The van der Waals surface area contributed by atoms with E-state index in [0.717, 1.165) is 5.92 Å². The first-order valence-electron chi connectivity index (χ1n) is 7.36. The van der Waals surface area contributed by atoms with E-state index >= 15 is 0 Å². The molecule has 0 bridgehead atoms. The lowest BCUT2D eigenvalue weighted by Gasteiger charge is -2.18. The molecular formula is C14H26N2O2. The number of aliphatic hydroxyl groups excluding tert-OH is 1. The summed E-state index contributed by atoms with van der Waals surface area (Å²) in [5, 5.41) is 13.5. The fourth-order valence-corrected chi connectivity index (χ4v) is 3.52. The maximum absolute atomic E-state index is 9.95. The number of rotatable bonds is 5. The number of hydrogen-bond acceptors (Lipinski definition) is 4.